The molecule has 0 unspecified atom stereocenters. The van der Waals surface area contributed by atoms with Gasteiger partial charge >= 0.3 is 18.2 Å². The molecular weight excluding hydrogens is 445 g/mol. The van der Waals surface area contributed by atoms with Crippen LogP contribution in [0.1, 0.15) is 52.5 Å². The third kappa shape index (κ3) is 6.95. The first kappa shape index (κ1) is 26.2. The van der Waals surface area contributed by atoms with Crippen LogP contribution < -0.4 is 5.32 Å². The number of hydrogen-bond acceptors (Lipinski definition) is 6. The van der Waals surface area contributed by atoms with Gasteiger partial charge in [0.25, 0.3) is 0 Å². The number of amides is 1. The van der Waals surface area contributed by atoms with Crippen LogP contribution in [0.3, 0.4) is 0 Å². The van der Waals surface area contributed by atoms with Crippen molar-refractivity contribution in [3.8, 4) is 0 Å². The number of rotatable bonds is 6. The maximum atomic E-state index is 13.4. The number of thiol groups is 1. The molecule has 1 aliphatic rings. The lowest BCUT2D eigenvalue weighted by molar-refractivity contribution is -0.159. The zero-order valence-electron chi connectivity index (χ0n) is 18.8. The molecule has 0 aromatic heterocycles. The molecule has 6 nitrogen and oxygen atoms in total. The summed E-state index contributed by atoms with van der Waals surface area (Å²) in [5.74, 6) is -0.396. The summed E-state index contributed by atoms with van der Waals surface area (Å²) in [6, 6.07) is 3.76. The lowest BCUT2D eigenvalue weighted by Crippen LogP contribution is -2.49. The topological polar surface area (TPSA) is 67.9 Å². The predicted octanol–water partition coefficient (Wildman–Crippen LogP) is 5.38. The minimum absolute atomic E-state index is 0.0690. The Bertz CT molecular complexity index is 816. The van der Waals surface area contributed by atoms with Gasteiger partial charge in [-0.05, 0) is 65.2 Å². The molecular formula is C22H31F3N2O4S. The number of halogens is 3. The second-order valence-corrected chi connectivity index (χ2v) is 9.39. The lowest BCUT2D eigenvalue weighted by Gasteiger charge is -2.40. The molecule has 0 atom stereocenters. The number of nitrogens with one attached hydrogen (secondary N) is 1. The highest BCUT2D eigenvalue weighted by atomic mass is 32.1. The Hall–Kier alpha value is -2.10. The number of anilines is 1. The molecule has 32 heavy (non-hydrogen) atoms. The van der Waals surface area contributed by atoms with E-state index in [0.717, 1.165) is 6.07 Å². The van der Waals surface area contributed by atoms with E-state index >= 15 is 0 Å². The van der Waals surface area contributed by atoms with Gasteiger partial charge in [0, 0.05) is 30.2 Å². The van der Waals surface area contributed by atoms with E-state index in [2.05, 4.69) is 17.9 Å². The molecule has 1 aliphatic heterocycles. The highest BCUT2D eigenvalue weighted by Gasteiger charge is 2.44. The van der Waals surface area contributed by atoms with Gasteiger partial charge < -0.3 is 19.7 Å². The van der Waals surface area contributed by atoms with Crippen LogP contribution in [0.25, 0.3) is 0 Å². The first-order valence-corrected chi connectivity index (χ1v) is 11.0. The van der Waals surface area contributed by atoms with Crippen LogP contribution in [-0.2, 0) is 20.4 Å². The van der Waals surface area contributed by atoms with Crippen molar-refractivity contribution in [1.29, 1.82) is 0 Å². The number of benzene rings is 1. The Morgan fingerprint density at radius 3 is 2.34 bits per heavy atom. The zero-order chi connectivity index (χ0) is 24.2. The molecule has 1 N–H and O–H groups in total. The van der Waals surface area contributed by atoms with E-state index in [1.54, 1.807) is 32.6 Å². The Morgan fingerprint density at radius 2 is 1.81 bits per heavy atom. The second kappa shape index (κ2) is 10.2. The van der Waals surface area contributed by atoms with Gasteiger partial charge in [-0.15, -0.1) is 12.6 Å². The number of carbonyl (C=O) groups is 2. The highest BCUT2D eigenvalue weighted by molar-refractivity contribution is 7.80. The number of nitrogens with zero attached hydrogens (tertiary/aromatic N) is 1. The van der Waals surface area contributed by atoms with Gasteiger partial charge in [0.1, 0.15) is 5.60 Å². The van der Waals surface area contributed by atoms with E-state index in [-0.39, 0.29) is 30.2 Å². The molecule has 0 spiro atoms. The molecule has 180 valence electrons. The molecule has 0 saturated carbocycles. The SMILES string of the molecule is CCOC(=O)C1(CCNc2ccc(S)cc2C(F)(F)F)CCN(C(=O)OC(C)(C)C)CC1. The number of esters is 1. The van der Waals surface area contributed by atoms with Crippen molar-refractivity contribution in [2.45, 2.75) is 63.6 Å². The maximum absolute atomic E-state index is 13.4. The molecule has 1 aromatic rings. The van der Waals surface area contributed by atoms with Gasteiger partial charge in [-0.2, -0.15) is 13.2 Å². The third-order valence-electron chi connectivity index (χ3n) is 5.31. The third-order valence-corrected chi connectivity index (χ3v) is 5.59. The average Bonchev–Trinajstić information content (AvgIpc) is 2.67. The lowest BCUT2D eigenvalue weighted by atomic mass is 9.75. The Morgan fingerprint density at radius 1 is 1.19 bits per heavy atom. The standard InChI is InChI=1S/C22H31F3N2O4S/c1-5-30-18(28)21(9-12-27(13-10-21)19(29)31-20(2,3)4)8-11-26-17-7-6-15(32)14-16(17)22(23,24)25/h6-7,14,26,32H,5,8-13H2,1-4H3. The van der Waals surface area contributed by atoms with Crippen molar-refractivity contribution in [3.63, 3.8) is 0 Å². The molecule has 2 rings (SSSR count). The molecule has 0 bridgehead atoms. The quantitative estimate of drug-likeness (QED) is 0.426. The molecule has 0 aliphatic carbocycles. The van der Waals surface area contributed by atoms with E-state index in [9.17, 15) is 22.8 Å². The van der Waals surface area contributed by atoms with Crippen molar-refractivity contribution in [2.24, 2.45) is 5.41 Å². The van der Waals surface area contributed by atoms with Crippen molar-refractivity contribution in [3.05, 3.63) is 23.8 Å². The first-order chi connectivity index (χ1) is 14.8. The van der Waals surface area contributed by atoms with Gasteiger partial charge in [-0.1, -0.05) is 0 Å². The normalized spacial score (nSPS) is 16.4. The van der Waals surface area contributed by atoms with Gasteiger partial charge in [0.05, 0.1) is 17.6 Å². The van der Waals surface area contributed by atoms with Gasteiger partial charge in [0.2, 0.25) is 0 Å². The fourth-order valence-corrected chi connectivity index (χ4v) is 3.85. The minimum Gasteiger partial charge on any atom is -0.466 e. The van der Waals surface area contributed by atoms with Crippen LogP contribution in [-0.4, -0.2) is 48.8 Å². The molecule has 1 heterocycles. The summed E-state index contributed by atoms with van der Waals surface area (Å²) in [6.07, 6.45) is -4.02. The average molecular weight is 477 g/mol. The van der Waals surface area contributed by atoms with Crippen molar-refractivity contribution in [1.82, 2.24) is 4.90 Å². The number of hydrogen-bond donors (Lipinski definition) is 2. The van der Waals surface area contributed by atoms with Crippen LogP contribution >= 0.6 is 12.6 Å². The second-order valence-electron chi connectivity index (χ2n) is 8.87. The molecule has 1 aromatic carbocycles. The maximum Gasteiger partial charge on any atom is 0.418 e. The Labute approximate surface area is 192 Å². The number of ether oxygens (including phenoxy) is 2. The summed E-state index contributed by atoms with van der Waals surface area (Å²) >= 11 is 3.99. The van der Waals surface area contributed by atoms with Crippen LogP contribution in [0.15, 0.2) is 23.1 Å². The Kier molecular flexibility index (Phi) is 8.36. The fourth-order valence-electron chi connectivity index (χ4n) is 3.64. The number of carbonyl (C=O) groups excluding carboxylic acids is 2. The summed E-state index contributed by atoms with van der Waals surface area (Å²) in [7, 11) is 0. The summed E-state index contributed by atoms with van der Waals surface area (Å²) in [5.41, 5.74) is -2.39. The van der Waals surface area contributed by atoms with Crippen molar-refractivity contribution < 1.29 is 32.2 Å². The fraction of sp³-hybridized carbons (Fsp3) is 0.636. The molecule has 0 radical (unpaired) electrons. The van der Waals surface area contributed by atoms with Gasteiger partial charge in [0.15, 0.2) is 0 Å². The largest absolute Gasteiger partial charge is 0.466 e. The van der Waals surface area contributed by atoms with Crippen molar-refractivity contribution >= 4 is 30.4 Å². The summed E-state index contributed by atoms with van der Waals surface area (Å²) in [4.78, 5) is 26.9. The van der Waals surface area contributed by atoms with E-state index in [4.69, 9.17) is 9.47 Å². The van der Waals surface area contributed by atoms with Crippen molar-refractivity contribution in [2.75, 3.05) is 31.6 Å². The Balaban J connectivity index is 2.09. The smallest absolute Gasteiger partial charge is 0.418 e. The van der Waals surface area contributed by atoms with Crippen LogP contribution in [0.2, 0.25) is 0 Å². The van der Waals surface area contributed by atoms with Gasteiger partial charge in [-0.25, -0.2) is 4.79 Å². The van der Waals surface area contributed by atoms with Gasteiger partial charge in [-0.3, -0.25) is 4.79 Å². The van der Waals surface area contributed by atoms with E-state index < -0.39 is 34.8 Å². The summed E-state index contributed by atoms with van der Waals surface area (Å²) in [5, 5.41) is 2.81. The zero-order valence-corrected chi connectivity index (χ0v) is 19.7. The van der Waals surface area contributed by atoms with E-state index in [1.165, 1.54) is 12.1 Å². The van der Waals surface area contributed by atoms with Crippen LogP contribution in [0.5, 0.6) is 0 Å². The van der Waals surface area contributed by atoms with E-state index in [0.29, 0.717) is 25.9 Å². The monoisotopic (exact) mass is 476 g/mol. The number of alkyl halides is 3. The molecule has 1 saturated heterocycles. The molecule has 10 heteroatoms. The number of likely N-dealkylation sites (tertiary alicyclic amines) is 1. The summed E-state index contributed by atoms with van der Waals surface area (Å²) in [6.45, 7) is 7.97. The number of piperidine rings is 1. The molecule has 1 fully saturated rings. The van der Waals surface area contributed by atoms with Crippen LogP contribution in [0, 0.1) is 5.41 Å². The molecule has 1 amide bonds. The summed E-state index contributed by atoms with van der Waals surface area (Å²) < 4.78 is 50.7. The van der Waals surface area contributed by atoms with E-state index in [1.807, 2.05) is 0 Å². The highest BCUT2D eigenvalue weighted by Crippen LogP contribution is 2.39. The first-order valence-electron chi connectivity index (χ1n) is 10.6. The van der Waals surface area contributed by atoms with Crippen LogP contribution in [0.4, 0.5) is 23.7 Å². The minimum atomic E-state index is -4.53. The predicted molar refractivity (Wildman–Crippen MR) is 118 cm³/mol.